The van der Waals surface area contributed by atoms with Gasteiger partial charge in [0.25, 0.3) is 11.8 Å². The number of carbonyl (C=O) groups excluding carboxylic acids is 2. The van der Waals surface area contributed by atoms with Crippen molar-refractivity contribution >= 4 is 47.1 Å². The summed E-state index contributed by atoms with van der Waals surface area (Å²) in [5, 5.41) is 53.0. The van der Waals surface area contributed by atoms with Crippen LogP contribution >= 0.6 is 0 Å². The number of amides is 2. The Morgan fingerprint density at radius 2 is 0.804 bits per heavy atom. The SMILES string of the molecule is N=C(N)c1ccc(C(=O)NC(CCOc2cccc(C(=N)N)c2)C(=O)O)cc1.N=C(N)c1ccc(C(=O)N[C@@H](CCOc2cccc(C(=N)N)c2)C(=O)O)cc1. The van der Waals surface area contributed by atoms with E-state index in [9.17, 15) is 29.4 Å². The van der Waals surface area contributed by atoms with Crippen LogP contribution in [0, 0.1) is 21.6 Å². The molecular formula is C38H42N10O8. The highest BCUT2D eigenvalue weighted by Crippen LogP contribution is 2.15. The number of rotatable bonds is 18. The van der Waals surface area contributed by atoms with E-state index >= 15 is 0 Å². The highest BCUT2D eigenvalue weighted by molar-refractivity contribution is 6.00. The van der Waals surface area contributed by atoms with E-state index in [0.717, 1.165) is 0 Å². The first kappa shape index (κ1) is 42.7. The van der Waals surface area contributed by atoms with Crippen molar-refractivity contribution in [3.05, 3.63) is 130 Å². The maximum absolute atomic E-state index is 12.3. The zero-order valence-electron chi connectivity index (χ0n) is 29.9. The molecule has 1 unspecified atom stereocenters. The van der Waals surface area contributed by atoms with Crippen molar-refractivity contribution in [1.82, 2.24) is 10.6 Å². The van der Waals surface area contributed by atoms with E-state index in [1.807, 2.05) is 0 Å². The maximum atomic E-state index is 12.3. The molecule has 0 aliphatic heterocycles. The zero-order valence-corrected chi connectivity index (χ0v) is 29.9. The Morgan fingerprint density at radius 1 is 0.500 bits per heavy atom. The van der Waals surface area contributed by atoms with E-state index in [2.05, 4.69) is 10.6 Å². The minimum Gasteiger partial charge on any atom is -0.493 e. The molecule has 0 heterocycles. The van der Waals surface area contributed by atoms with Gasteiger partial charge in [-0.15, -0.1) is 0 Å². The predicted octanol–water partition coefficient (Wildman–Crippen LogP) is 1.81. The van der Waals surface area contributed by atoms with Crippen molar-refractivity contribution in [1.29, 1.82) is 21.6 Å². The number of carboxylic acids is 2. The second-order valence-corrected chi connectivity index (χ2v) is 11.9. The van der Waals surface area contributed by atoms with Crippen LogP contribution in [0.15, 0.2) is 97.1 Å². The molecule has 0 fully saturated rings. The molecule has 0 spiro atoms. The fourth-order valence-corrected chi connectivity index (χ4v) is 4.70. The average molecular weight is 767 g/mol. The summed E-state index contributed by atoms with van der Waals surface area (Å²) in [6, 6.07) is 22.8. The van der Waals surface area contributed by atoms with Crippen LogP contribution in [-0.2, 0) is 9.59 Å². The van der Waals surface area contributed by atoms with Crippen LogP contribution in [0.3, 0.4) is 0 Å². The number of ether oxygens (including phenoxy) is 2. The molecular weight excluding hydrogens is 724 g/mol. The van der Waals surface area contributed by atoms with Crippen LogP contribution in [0.2, 0.25) is 0 Å². The fraction of sp³-hybridized carbons (Fsp3) is 0.158. The molecule has 16 N–H and O–H groups in total. The fourth-order valence-electron chi connectivity index (χ4n) is 4.70. The molecule has 0 saturated carbocycles. The number of nitrogens with one attached hydrogen (secondary N) is 6. The number of carboxylic acid groups (broad SMARTS) is 2. The number of amidine groups is 4. The lowest BCUT2D eigenvalue weighted by Gasteiger charge is -2.15. The van der Waals surface area contributed by atoms with Crippen molar-refractivity contribution in [2.45, 2.75) is 24.9 Å². The van der Waals surface area contributed by atoms with Gasteiger partial charge in [0.1, 0.15) is 46.9 Å². The van der Waals surface area contributed by atoms with Crippen molar-refractivity contribution in [3.63, 3.8) is 0 Å². The van der Waals surface area contributed by atoms with Gasteiger partial charge in [-0.25, -0.2) is 9.59 Å². The minimum atomic E-state index is -1.19. The Hall–Kier alpha value is -7.76. The number of nitrogens with two attached hydrogens (primary N) is 4. The molecule has 0 bridgehead atoms. The summed E-state index contributed by atoms with van der Waals surface area (Å²) in [6.45, 7) is 0.0871. The van der Waals surface area contributed by atoms with E-state index in [-0.39, 0.29) is 60.5 Å². The smallest absolute Gasteiger partial charge is 0.326 e. The van der Waals surface area contributed by atoms with Gasteiger partial charge in [0.2, 0.25) is 0 Å². The lowest BCUT2D eigenvalue weighted by molar-refractivity contribution is -0.140. The van der Waals surface area contributed by atoms with Crippen LogP contribution in [0.1, 0.15) is 55.8 Å². The van der Waals surface area contributed by atoms with E-state index in [1.54, 1.807) is 48.5 Å². The number of hydrogen-bond acceptors (Lipinski definition) is 10. The lowest BCUT2D eigenvalue weighted by Crippen LogP contribution is -2.41. The molecule has 4 aromatic carbocycles. The molecule has 0 aromatic heterocycles. The first-order chi connectivity index (χ1) is 26.5. The molecule has 0 radical (unpaired) electrons. The van der Waals surface area contributed by atoms with Crippen LogP contribution in [-0.4, -0.2) is 82.6 Å². The summed E-state index contributed by atoms with van der Waals surface area (Å²) in [5.74, 6) is -3.03. The van der Waals surface area contributed by atoms with E-state index < -0.39 is 35.8 Å². The summed E-state index contributed by atoms with van der Waals surface area (Å²) >= 11 is 0. The molecule has 4 rings (SSSR count). The van der Waals surface area contributed by atoms with E-state index in [4.69, 9.17) is 54.0 Å². The van der Waals surface area contributed by atoms with Crippen LogP contribution < -0.4 is 43.0 Å². The predicted molar refractivity (Wildman–Crippen MR) is 208 cm³/mol. The molecule has 18 heteroatoms. The monoisotopic (exact) mass is 766 g/mol. The number of carbonyl (C=O) groups is 4. The summed E-state index contributed by atoms with van der Waals surface area (Å²) in [4.78, 5) is 47.4. The molecule has 0 aliphatic carbocycles. The van der Waals surface area contributed by atoms with Crippen molar-refractivity contribution < 1.29 is 38.9 Å². The Labute approximate surface area is 320 Å². The van der Waals surface area contributed by atoms with Gasteiger partial charge >= 0.3 is 11.9 Å². The van der Waals surface area contributed by atoms with Gasteiger partial charge in [0.15, 0.2) is 0 Å². The molecule has 4 aromatic rings. The van der Waals surface area contributed by atoms with Gasteiger partial charge in [0.05, 0.1) is 13.2 Å². The second kappa shape index (κ2) is 20.5. The maximum Gasteiger partial charge on any atom is 0.326 e. The molecule has 2 amide bonds. The largest absolute Gasteiger partial charge is 0.493 e. The summed E-state index contributed by atoms with van der Waals surface area (Å²) in [7, 11) is 0. The molecule has 0 saturated heterocycles. The first-order valence-corrected chi connectivity index (χ1v) is 16.7. The third-order valence-corrected chi connectivity index (χ3v) is 7.76. The highest BCUT2D eigenvalue weighted by atomic mass is 16.5. The van der Waals surface area contributed by atoms with E-state index in [0.29, 0.717) is 33.8 Å². The Balaban J connectivity index is 0.000000300. The Kier molecular flexibility index (Phi) is 15.6. The standard InChI is InChI=1S/2C19H21N5O4/c2*20-16(21)11-4-6-12(7-5-11)18(25)24-15(19(26)27)8-9-28-14-3-1-2-13(10-14)17(22)23/h2*1-7,10,15H,8-9H2,(H3,20,21)(H3,22,23)(H,24,25)(H,26,27)/t15-;/m0./s1. The highest BCUT2D eigenvalue weighted by Gasteiger charge is 2.22. The molecule has 56 heavy (non-hydrogen) atoms. The number of hydrogen-bond donors (Lipinski definition) is 12. The number of benzene rings is 4. The summed E-state index contributed by atoms with van der Waals surface area (Å²) in [5.41, 5.74) is 24.0. The quantitative estimate of drug-likeness (QED) is 0.0510. The topological polar surface area (TPSA) is 351 Å². The first-order valence-electron chi connectivity index (χ1n) is 16.7. The third-order valence-electron chi connectivity index (χ3n) is 7.76. The molecule has 2 atom stereocenters. The van der Waals surface area contributed by atoms with Crippen molar-refractivity contribution in [3.8, 4) is 11.5 Å². The van der Waals surface area contributed by atoms with Crippen molar-refractivity contribution in [2.75, 3.05) is 13.2 Å². The van der Waals surface area contributed by atoms with Gasteiger partial charge < -0.3 is 53.3 Å². The van der Waals surface area contributed by atoms with Crippen LogP contribution in [0.25, 0.3) is 0 Å². The molecule has 18 nitrogen and oxygen atoms in total. The Bertz CT molecular complexity index is 1940. The second-order valence-electron chi connectivity index (χ2n) is 11.9. The lowest BCUT2D eigenvalue weighted by atomic mass is 10.1. The third kappa shape index (κ3) is 13.3. The molecule has 0 aliphatic rings. The number of nitrogen functional groups attached to an aromatic ring is 4. The van der Waals surface area contributed by atoms with Gasteiger partial charge in [-0.05, 0) is 48.5 Å². The van der Waals surface area contributed by atoms with Crippen molar-refractivity contribution in [2.24, 2.45) is 22.9 Å². The van der Waals surface area contributed by atoms with E-state index in [1.165, 1.54) is 48.5 Å². The van der Waals surface area contributed by atoms with Gasteiger partial charge in [0, 0.05) is 46.2 Å². The van der Waals surface area contributed by atoms with Gasteiger partial charge in [-0.3, -0.25) is 31.2 Å². The van der Waals surface area contributed by atoms with Crippen LogP contribution in [0.5, 0.6) is 11.5 Å². The molecule has 292 valence electrons. The summed E-state index contributed by atoms with van der Waals surface area (Å²) in [6.07, 6.45) is 0.0772. The number of aliphatic carboxylic acids is 2. The van der Waals surface area contributed by atoms with Gasteiger partial charge in [-0.2, -0.15) is 0 Å². The average Bonchev–Trinajstić information content (AvgIpc) is 3.17. The Morgan fingerprint density at radius 3 is 1.09 bits per heavy atom. The summed E-state index contributed by atoms with van der Waals surface area (Å²) < 4.78 is 11.0. The van der Waals surface area contributed by atoms with Crippen LogP contribution in [0.4, 0.5) is 0 Å². The van der Waals surface area contributed by atoms with Gasteiger partial charge in [-0.1, -0.05) is 48.5 Å². The normalized spacial score (nSPS) is 11.3. The zero-order chi connectivity index (χ0) is 41.4. The minimum absolute atomic E-state index is 0.0386.